The number of piperazine rings is 1. The first-order chi connectivity index (χ1) is 11.6. The largest absolute Gasteiger partial charge is 0.389 e. The van der Waals surface area contributed by atoms with Crippen molar-refractivity contribution in [3.8, 4) is 0 Å². The second-order valence-corrected chi connectivity index (χ2v) is 6.57. The van der Waals surface area contributed by atoms with Gasteiger partial charge in [0.25, 0.3) is 0 Å². The molecule has 3 rings (SSSR count). The fraction of sp³-hybridized carbons (Fsp3) is 0.611. The second kappa shape index (κ2) is 8.07. The quantitative estimate of drug-likeness (QED) is 0.803. The summed E-state index contributed by atoms with van der Waals surface area (Å²) in [4.78, 5) is 16.4. The lowest BCUT2D eigenvalue weighted by atomic mass is 10.0. The average molecular weight is 334 g/mol. The Balaban J connectivity index is 1.45. The fourth-order valence-electron chi connectivity index (χ4n) is 3.44. The molecule has 1 amide bonds. The zero-order valence-corrected chi connectivity index (χ0v) is 13.9. The number of ether oxygens (including phenoxy) is 1. The molecule has 2 aliphatic rings. The van der Waals surface area contributed by atoms with E-state index in [0.29, 0.717) is 39.2 Å². The van der Waals surface area contributed by atoms with Crippen LogP contribution in [0.4, 0.5) is 0 Å². The van der Waals surface area contributed by atoms with Gasteiger partial charge >= 0.3 is 0 Å². The fourth-order valence-corrected chi connectivity index (χ4v) is 3.44. The molecule has 0 saturated carbocycles. The molecule has 0 spiro atoms. The lowest BCUT2D eigenvalue weighted by molar-refractivity contribution is -0.144. The Labute approximate surface area is 142 Å². The number of rotatable bonds is 4. The van der Waals surface area contributed by atoms with Gasteiger partial charge in [0.05, 0.1) is 25.4 Å². The minimum absolute atomic E-state index is 0.180. The molecule has 2 aliphatic heterocycles. The van der Waals surface area contributed by atoms with Crippen LogP contribution >= 0.6 is 0 Å². The van der Waals surface area contributed by atoms with Gasteiger partial charge in [0.15, 0.2) is 0 Å². The number of aliphatic hydroxyl groups excluding tert-OH is 2. The highest BCUT2D eigenvalue weighted by molar-refractivity contribution is 5.76. The number of carbonyl (C=O) groups is 1. The lowest BCUT2D eigenvalue weighted by Crippen LogP contribution is -2.60. The van der Waals surface area contributed by atoms with E-state index in [2.05, 4.69) is 4.90 Å². The number of hydrogen-bond acceptors (Lipinski definition) is 5. The van der Waals surface area contributed by atoms with Gasteiger partial charge in [0, 0.05) is 32.6 Å². The molecule has 0 unspecified atom stereocenters. The molecule has 1 aromatic rings. The van der Waals surface area contributed by atoms with Crippen molar-refractivity contribution in [2.24, 2.45) is 0 Å². The average Bonchev–Trinajstić information content (AvgIpc) is 2.63. The van der Waals surface area contributed by atoms with Crippen molar-refractivity contribution in [1.82, 2.24) is 9.80 Å². The number of carbonyl (C=O) groups excluding carboxylic acids is 1. The molecule has 2 heterocycles. The van der Waals surface area contributed by atoms with Crippen LogP contribution in [0.3, 0.4) is 0 Å². The van der Waals surface area contributed by atoms with Gasteiger partial charge in [-0.15, -0.1) is 0 Å². The van der Waals surface area contributed by atoms with E-state index in [1.807, 2.05) is 35.2 Å². The first kappa shape index (κ1) is 17.4. The highest BCUT2D eigenvalue weighted by atomic mass is 16.5. The molecule has 0 bridgehead atoms. The van der Waals surface area contributed by atoms with Gasteiger partial charge in [0.1, 0.15) is 6.10 Å². The van der Waals surface area contributed by atoms with Gasteiger partial charge in [-0.3, -0.25) is 9.69 Å². The predicted molar refractivity (Wildman–Crippen MR) is 89.5 cm³/mol. The Morgan fingerprint density at radius 1 is 1.08 bits per heavy atom. The van der Waals surface area contributed by atoms with E-state index in [0.717, 1.165) is 6.42 Å². The maximum absolute atomic E-state index is 12.4. The zero-order valence-electron chi connectivity index (χ0n) is 13.9. The number of aryl methyl sites for hydroxylation is 1. The standard InChI is InChI=1S/C18H26N2O4/c21-16-13-24-12-15(18(16)23)19-8-10-20(11-9-19)17(22)7-6-14-4-2-1-3-5-14/h1-5,15-16,18,21,23H,6-13H2/t15-,16-,18+/m1/s1. The molecule has 6 heteroatoms. The predicted octanol–water partition coefficient (Wildman–Crippen LogP) is -0.116. The van der Waals surface area contributed by atoms with Crippen LogP contribution in [-0.2, 0) is 16.0 Å². The van der Waals surface area contributed by atoms with E-state index in [4.69, 9.17) is 4.74 Å². The van der Waals surface area contributed by atoms with Gasteiger partial charge in [0.2, 0.25) is 5.91 Å². The molecule has 6 nitrogen and oxygen atoms in total. The maximum Gasteiger partial charge on any atom is 0.222 e. The van der Waals surface area contributed by atoms with Crippen molar-refractivity contribution >= 4 is 5.91 Å². The molecule has 0 radical (unpaired) electrons. The highest BCUT2D eigenvalue weighted by Gasteiger charge is 2.36. The SMILES string of the molecule is O=C(CCc1ccccc1)N1CCN([C@@H]2COC[C@@H](O)[C@H]2O)CC1. The summed E-state index contributed by atoms with van der Waals surface area (Å²) in [5.74, 6) is 0.180. The summed E-state index contributed by atoms with van der Waals surface area (Å²) in [5.41, 5.74) is 1.18. The second-order valence-electron chi connectivity index (χ2n) is 6.57. The Bertz CT molecular complexity index is 531. The van der Waals surface area contributed by atoms with Gasteiger partial charge in [-0.1, -0.05) is 30.3 Å². The molecule has 0 aromatic heterocycles. The lowest BCUT2D eigenvalue weighted by Gasteiger charge is -2.43. The van der Waals surface area contributed by atoms with Crippen molar-refractivity contribution in [2.75, 3.05) is 39.4 Å². The topological polar surface area (TPSA) is 73.2 Å². The normalized spacial score (nSPS) is 28.8. The number of amides is 1. The summed E-state index contributed by atoms with van der Waals surface area (Å²) in [6.45, 7) is 3.35. The van der Waals surface area contributed by atoms with Crippen molar-refractivity contribution in [3.05, 3.63) is 35.9 Å². The summed E-state index contributed by atoms with van der Waals surface area (Å²) in [5, 5.41) is 19.9. The molecule has 2 N–H and O–H groups in total. The Hall–Kier alpha value is -1.47. The molecular formula is C18H26N2O4. The third kappa shape index (κ3) is 4.13. The van der Waals surface area contributed by atoms with E-state index in [1.165, 1.54) is 5.56 Å². The molecule has 2 fully saturated rings. The van der Waals surface area contributed by atoms with Crippen LogP contribution in [0.2, 0.25) is 0 Å². The molecule has 1 aromatic carbocycles. The maximum atomic E-state index is 12.4. The minimum atomic E-state index is -0.825. The molecule has 132 valence electrons. The van der Waals surface area contributed by atoms with Gasteiger partial charge in [-0.05, 0) is 12.0 Å². The van der Waals surface area contributed by atoms with Gasteiger partial charge in [-0.25, -0.2) is 0 Å². The van der Waals surface area contributed by atoms with Gasteiger partial charge in [-0.2, -0.15) is 0 Å². The summed E-state index contributed by atoms with van der Waals surface area (Å²) in [6, 6.07) is 9.86. The number of benzene rings is 1. The molecule has 0 aliphatic carbocycles. The van der Waals surface area contributed by atoms with Crippen molar-refractivity contribution in [3.63, 3.8) is 0 Å². The Morgan fingerprint density at radius 2 is 1.79 bits per heavy atom. The van der Waals surface area contributed by atoms with E-state index in [-0.39, 0.29) is 18.6 Å². The van der Waals surface area contributed by atoms with Crippen LogP contribution in [0.15, 0.2) is 30.3 Å². The monoisotopic (exact) mass is 334 g/mol. The number of nitrogens with zero attached hydrogens (tertiary/aromatic N) is 2. The Morgan fingerprint density at radius 3 is 2.50 bits per heavy atom. The van der Waals surface area contributed by atoms with Crippen LogP contribution in [0.5, 0.6) is 0 Å². The molecule has 3 atom stereocenters. The third-order valence-electron chi connectivity index (χ3n) is 4.97. The van der Waals surface area contributed by atoms with E-state index < -0.39 is 12.2 Å². The minimum Gasteiger partial charge on any atom is -0.389 e. The summed E-state index contributed by atoms with van der Waals surface area (Å²) >= 11 is 0. The molecule has 24 heavy (non-hydrogen) atoms. The number of aliphatic hydroxyl groups is 2. The van der Waals surface area contributed by atoms with E-state index >= 15 is 0 Å². The van der Waals surface area contributed by atoms with Crippen LogP contribution in [0.25, 0.3) is 0 Å². The van der Waals surface area contributed by atoms with E-state index in [9.17, 15) is 15.0 Å². The van der Waals surface area contributed by atoms with Crippen LogP contribution < -0.4 is 0 Å². The third-order valence-corrected chi connectivity index (χ3v) is 4.97. The van der Waals surface area contributed by atoms with Gasteiger partial charge < -0.3 is 19.8 Å². The summed E-state index contributed by atoms with van der Waals surface area (Å²) in [7, 11) is 0. The van der Waals surface area contributed by atoms with Crippen molar-refractivity contribution in [2.45, 2.75) is 31.1 Å². The smallest absolute Gasteiger partial charge is 0.222 e. The van der Waals surface area contributed by atoms with E-state index in [1.54, 1.807) is 0 Å². The molecular weight excluding hydrogens is 308 g/mol. The Kier molecular flexibility index (Phi) is 5.84. The van der Waals surface area contributed by atoms with Crippen LogP contribution in [0.1, 0.15) is 12.0 Å². The summed E-state index contributed by atoms with van der Waals surface area (Å²) in [6.07, 6.45) is -0.313. The van der Waals surface area contributed by atoms with Crippen LogP contribution in [-0.4, -0.2) is 83.6 Å². The van der Waals surface area contributed by atoms with Crippen molar-refractivity contribution < 1.29 is 19.7 Å². The highest BCUT2D eigenvalue weighted by Crippen LogP contribution is 2.17. The zero-order chi connectivity index (χ0) is 16.9. The first-order valence-electron chi connectivity index (χ1n) is 8.65. The summed E-state index contributed by atoms with van der Waals surface area (Å²) < 4.78 is 5.35. The molecule has 2 saturated heterocycles. The van der Waals surface area contributed by atoms with Crippen LogP contribution in [0, 0.1) is 0 Å². The van der Waals surface area contributed by atoms with Crippen molar-refractivity contribution in [1.29, 1.82) is 0 Å². The number of hydrogen-bond donors (Lipinski definition) is 2. The first-order valence-corrected chi connectivity index (χ1v) is 8.65.